The largest absolute Gasteiger partial charge is 0.477 e. The number of aromatic carboxylic acids is 1. The molecular weight excluding hydrogens is 218 g/mol. The fraction of sp³-hybridized carbons (Fsp3) is 0.273. The molecule has 0 amide bonds. The zero-order valence-electron chi connectivity index (χ0n) is 8.54. The van der Waals surface area contributed by atoms with Crippen molar-refractivity contribution in [2.24, 2.45) is 0 Å². The number of carbonyl (C=O) groups excluding carboxylic acids is 1. The van der Waals surface area contributed by atoms with Crippen molar-refractivity contribution in [2.75, 3.05) is 0 Å². The monoisotopic (exact) mass is 228 g/mol. The highest BCUT2D eigenvalue weighted by Gasteiger charge is 2.19. The van der Waals surface area contributed by atoms with E-state index >= 15 is 0 Å². The normalized spacial score (nSPS) is 12.2. The Morgan fingerprint density at radius 2 is 1.94 bits per heavy atom. The van der Waals surface area contributed by atoms with Crippen molar-refractivity contribution in [1.29, 1.82) is 0 Å². The van der Waals surface area contributed by atoms with Crippen LogP contribution in [0.15, 0.2) is 12.1 Å². The van der Waals surface area contributed by atoms with Crippen LogP contribution in [0.1, 0.15) is 35.2 Å². The second-order valence-electron chi connectivity index (χ2n) is 3.47. The van der Waals surface area contributed by atoms with Gasteiger partial charge in [0.25, 0.3) is 0 Å². The Morgan fingerprint density at radius 1 is 1.44 bits per heavy atom. The summed E-state index contributed by atoms with van der Waals surface area (Å²) in [5.74, 6) is -4.24. The molecule has 0 aromatic heterocycles. The van der Waals surface area contributed by atoms with E-state index < -0.39 is 23.2 Å². The fourth-order valence-corrected chi connectivity index (χ4v) is 1.36. The maximum Gasteiger partial charge on any atom is 0.341 e. The molecule has 0 saturated heterocycles. The van der Waals surface area contributed by atoms with Gasteiger partial charge in [0.15, 0.2) is 0 Å². The summed E-state index contributed by atoms with van der Waals surface area (Å²) < 4.78 is 26.5. The first-order chi connectivity index (χ1) is 7.47. The number of aldehydes is 1. The molecule has 1 aromatic carbocycles. The van der Waals surface area contributed by atoms with Gasteiger partial charge < -0.3 is 9.90 Å². The molecule has 3 nitrogen and oxygen atoms in total. The summed E-state index contributed by atoms with van der Waals surface area (Å²) in [4.78, 5) is 20.8. The van der Waals surface area contributed by atoms with Crippen LogP contribution < -0.4 is 0 Å². The van der Waals surface area contributed by atoms with Gasteiger partial charge in [-0.15, -0.1) is 0 Å². The minimum atomic E-state index is -1.65. The summed E-state index contributed by atoms with van der Waals surface area (Å²) in [6, 6.07) is 1.89. The van der Waals surface area contributed by atoms with E-state index in [0.717, 1.165) is 12.1 Å². The molecule has 0 aliphatic rings. The average Bonchev–Trinajstić information content (AvgIpc) is 2.16. The van der Waals surface area contributed by atoms with Crippen molar-refractivity contribution in [1.82, 2.24) is 0 Å². The van der Waals surface area contributed by atoms with Crippen LogP contribution in [0.3, 0.4) is 0 Å². The lowest BCUT2D eigenvalue weighted by Gasteiger charge is -2.10. The molecule has 0 aliphatic heterocycles. The van der Waals surface area contributed by atoms with Gasteiger partial charge in [0.1, 0.15) is 23.5 Å². The third kappa shape index (κ3) is 2.42. The Labute approximate surface area is 90.7 Å². The lowest BCUT2D eigenvalue weighted by atomic mass is 9.96. The SMILES string of the molecule is CC(CC=O)c1cc(F)c(C(=O)O)c(F)c1. The number of benzene rings is 1. The number of hydrogen-bond donors (Lipinski definition) is 1. The highest BCUT2D eigenvalue weighted by Crippen LogP contribution is 2.23. The van der Waals surface area contributed by atoms with Crippen LogP contribution in [0.25, 0.3) is 0 Å². The number of rotatable bonds is 4. The van der Waals surface area contributed by atoms with Crippen LogP contribution >= 0.6 is 0 Å². The standard InChI is InChI=1S/C11H10F2O3/c1-6(2-3-14)7-4-8(12)10(11(15)16)9(13)5-7/h3-6H,2H2,1H3,(H,15,16). The van der Waals surface area contributed by atoms with Crippen LogP contribution in [0, 0.1) is 11.6 Å². The van der Waals surface area contributed by atoms with E-state index in [-0.39, 0.29) is 17.9 Å². The third-order valence-corrected chi connectivity index (χ3v) is 2.30. The first-order valence-corrected chi connectivity index (χ1v) is 4.63. The Balaban J connectivity index is 3.19. The highest BCUT2D eigenvalue weighted by atomic mass is 19.1. The van der Waals surface area contributed by atoms with Crippen LogP contribution in [0.4, 0.5) is 8.78 Å². The molecule has 86 valence electrons. The van der Waals surface area contributed by atoms with Crippen molar-refractivity contribution >= 4 is 12.3 Å². The maximum atomic E-state index is 13.3. The van der Waals surface area contributed by atoms with Crippen LogP contribution in [-0.4, -0.2) is 17.4 Å². The van der Waals surface area contributed by atoms with Crippen LogP contribution in [0.5, 0.6) is 0 Å². The number of halogens is 2. The molecule has 0 radical (unpaired) electrons. The number of carboxylic acid groups (broad SMARTS) is 1. The molecule has 0 aliphatic carbocycles. The molecular formula is C11H10F2O3. The number of carboxylic acids is 1. The molecule has 1 atom stereocenters. The molecule has 1 aromatic rings. The maximum absolute atomic E-state index is 13.3. The predicted octanol–water partition coefficient (Wildman–Crippen LogP) is 2.36. The smallest absolute Gasteiger partial charge is 0.341 e. The summed E-state index contributed by atoms with van der Waals surface area (Å²) >= 11 is 0. The Kier molecular flexibility index (Phi) is 3.71. The second-order valence-corrected chi connectivity index (χ2v) is 3.47. The Bertz CT molecular complexity index is 406. The van der Waals surface area contributed by atoms with E-state index in [9.17, 15) is 18.4 Å². The van der Waals surface area contributed by atoms with Gasteiger partial charge in [-0.1, -0.05) is 6.92 Å². The van der Waals surface area contributed by atoms with E-state index in [0.29, 0.717) is 6.29 Å². The molecule has 0 spiro atoms. The lowest BCUT2D eigenvalue weighted by Crippen LogP contribution is -2.07. The van der Waals surface area contributed by atoms with E-state index in [4.69, 9.17) is 5.11 Å². The van der Waals surface area contributed by atoms with Gasteiger partial charge in [-0.05, 0) is 23.6 Å². The zero-order chi connectivity index (χ0) is 12.3. The van der Waals surface area contributed by atoms with E-state index in [1.807, 2.05) is 0 Å². The molecule has 0 bridgehead atoms. The number of hydrogen-bond acceptors (Lipinski definition) is 2. The zero-order valence-corrected chi connectivity index (χ0v) is 8.54. The second kappa shape index (κ2) is 4.83. The van der Waals surface area contributed by atoms with Crippen molar-refractivity contribution in [3.05, 3.63) is 34.9 Å². The minimum Gasteiger partial charge on any atom is -0.477 e. The quantitative estimate of drug-likeness (QED) is 0.805. The lowest BCUT2D eigenvalue weighted by molar-refractivity contribution is -0.108. The van der Waals surface area contributed by atoms with Gasteiger partial charge in [0.05, 0.1) is 0 Å². The van der Waals surface area contributed by atoms with Crippen molar-refractivity contribution in [3.63, 3.8) is 0 Å². The van der Waals surface area contributed by atoms with Crippen LogP contribution in [0.2, 0.25) is 0 Å². The summed E-state index contributed by atoms with van der Waals surface area (Å²) in [5, 5.41) is 8.54. The molecule has 0 heterocycles. The Hall–Kier alpha value is -1.78. The molecule has 1 rings (SSSR count). The minimum absolute atomic E-state index is 0.130. The van der Waals surface area contributed by atoms with Crippen molar-refractivity contribution in [2.45, 2.75) is 19.3 Å². The summed E-state index contributed by atoms with van der Waals surface area (Å²) in [6.07, 6.45) is 0.775. The van der Waals surface area contributed by atoms with Gasteiger partial charge in [-0.25, -0.2) is 13.6 Å². The average molecular weight is 228 g/mol. The summed E-state index contributed by atoms with van der Waals surface area (Å²) in [6.45, 7) is 1.63. The van der Waals surface area contributed by atoms with E-state index in [2.05, 4.69) is 0 Å². The van der Waals surface area contributed by atoms with Crippen LogP contribution in [-0.2, 0) is 4.79 Å². The third-order valence-electron chi connectivity index (χ3n) is 2.30. The predicted molar refractivity (Wildman–Crippen MR) is 52.4 cm³/mol. The molecule has 0 saturated carbocycles. The van der Waals surface area contributed by atoms with Crippen molar-refractivity contribution in [3.8, 4) is 0 Å². The van der Waals surface area contributed by atoms with Gasteiger partial charge in [-0.3, -0.25) is 0 Å². The first kappa shape index (κ1) is 12.3. The van der Waals surface area contributed by atoms with Gasteiger partial charge in [-0.2, -0.15) is 0 Å². The Morgan fingerprint density at radius 3 is 2.31 bits per heavy atom. The molecule has 5 heteroatoms. The fourth-order valence-electron chi connectivity index (χ4n) is 1.36. The van der Waals surface area contributed by atoms with Crippen molar-refractivity contribution < 1.29 is 23.5 Å². The topological polar surface area (TPSA) is 54.4 Å². The molecule has 16 heavy (non-hydrogen) atoms. The summed E-state index contributed by atoms with van der Waals surface area (Å²) in [7, 11) is 0. The molecule has 1 N–H and O–H groups in total. The van der Waals surface area contributed by atoms with Gasteiger partial charge in [0, 0.05) is 6.42 Å². The molecule has 0 fully saturated rings. The van der Waals surface area contributed by atoms with Gasteiger partial charge >= 0.3 is 5.97 Å². The first-order valence-electron chi connectivity index (χ1n) is 4.63. The number of carbonyl (C=O) groups is 2. The highest BCUT2D eigenvalue weighted by molar-refractivity contribution is 5.88. The van der Waals surface area contributed by atoms with E-state index in [1.54, 1.807) is 6.92 Å². The molecule has 1 unspecified atom stereocenters. The van der Waals surface area contributed by atoms with E-state index in [1.165, 1.54) is 0 Å². The van der Waals surface area contributed by atoms with Gasteiger partial charge in [0.2, 0.25) is 0 Å². The summed E-state index contributed by atoms with van der Waals surface area (Å²) in [5.41, 5.74) is -0.700.